The quantitative estimate of drug-likeness (QED) is 0.731. The Morgan fingerprint density at radius 3 is 3.00 bits per heavy atom. The number of rotatable bonds is 3. The van der Waals surface area contributed by atoms with Crippen LogP contribution in [0, 0.1) is 23.2 Å². The molecule has 0 radical (unpaired) electrons. The van der Waals surface area contributed by atoms with Gasteiger partial charge in [0.2, 0.25) is 0 Å². The van der Waals surface area contributed by atoms with Gasteiger partial charge in [-0.25, -0.2) is 0 Å². The minimum Gasteiger partial charge on any atom is -0.374 e. The molecule has 0 amide bonds. The van der Waals surface area contributed by atoms with E-state index in [0.29, 0.717) is 13.0 Å². The van der Waals surface area contributed by atoms with Gasteiger partial charge in [-0.1, -0.05) is 18.1 Å². The predicted molar refractivity (Wildman–Crippen MR) is 57.7 cm³/mol. The van der Waals surface area contributed by atoms with Crippen molar-refractivity contribution in [1.29, 1.82) is 5.26 Å². The highest BCUT2D eigenvalue weighted by Gasteiger charge is 1.93. The zero-order valence-corrected chi connectivity index (χ0v) is 8.17. The largest absolute Gasteiger partial charge is 0.374 e. The Bertz CT molecular complexity index is 391. The van der Waals surface area contributed by atoms with Crippen LogP contribution in [0.5, 0.6) is 0 Å². The van der Waals surface area contributed by atoms with Gasteiger partial charge in [-0.05, 0) is 24.6 Å². The number of anilines is 1. The molecule has 14 heavy (non-hydrogen) atoms. The second kappa shape index (κ2) is 5.67. The molecule has 0 unspecified atom stereocenters. The van der Waals surface area contributed by atoms with Crippen LogP contribution in [-0.2, 0) is 6.42 Å². The molecule has 0 fully saturated rings. The molecule has 1 aromatic rings. The number of nitriles is 1. The smallest absolute Gasteiger partial charge is 0.0765 e. The maximum Gasteiger partial charge on any atom is 0.0765 e. The van der Waals surface area contributed by atoms with Crippen LogP contribution >= 0.6 is 0 Å². The van der Waals surface area contributed by atoms with Crippen LogP contribution in [-0.4, -0.2) is 6.54 Å². The molecule has 0 spiro atoms. The summed E-state index contributed by atoms with van der Waals surface area (Å²) >= 11 is 0. The molecule has 0 aliphatic heterocycles. The second-order valence-electron chi connectivity index (χ2n) is 2.82. The molecule has 70 valence electrons. The SMILES string of the molecule is CC#CCNc1cccc(CC#N)c1. The van der Waals surface area contributed by atoms with E-state index in [1.807, 2.05) is 31.2 Å². The first kappa shape index (κ1) is 10.2. The highest BCUT2D eigenvalue weighted by Crippen LogP contribution is 2.10. The molecule has 0 heterocycles. The Morgan fingerprint density at radius 1 is 1.43 bits per heavy atom. The standard InChI is InChI=1S/C12H12N2/c1-2-3-9-14-12-6-4-5-11(10-12)7-8-13/h4-6,10,14H,7,9H2,1H3. The molecule has 1 aromatic carbocycles. The van der Waals surface area contributed by atoms with Crippen LogP contribution in [0.25, 0.3) is 0 Å². The van der Waals surface area contributed by atoms with Gasteiger partial charge in [-0.2, -0.15) is 5.26 Å². The summed E-state index contributed by atoms with van der Waals surface area (Å²) in [5.41, 5.74) is 2.04. The van der Waals surface area contributed by atoms with E-state index in [1.54, 1.807) is 0 Å². The van der Waals surface area contributed by atoms with Crippen molar-refractivity contribution in [3.63, 3.8) is 0 Å². The number of hydrogen-bond donors (Lipinski definition) is 1. The summed E-state index contributed by atoms with van der Waals surface area (Å²) in [6.07, 6.45) is 0.453. The van der Waals surface area contributed by atoms with Gasteiger partial charge in [-0.3, -0.25) is 0 Å². The van der Waals surface area contributed by atoms with E-state index in [9.17, 15) is 0 Å². The lowest BCUT2D eigenvalue weighted by molar-refractivity contribution is 1.25. The molecule has 1 rings (SSSR count). The Balaban J connectivity index is 2.63. The third kappa shape index (κ3) is 3.21. The first-order valence-electron chi connectivity index (χ1n) is 4.46. The Hall–Kier alpha value is -1.93. The van der Waals surface area contributed by atoms with E-state index in [-0.39, 0.29) is 0 Å². The van der Waals surface area contributed by atoms with Gasteiger partial charge < -0.3 is 5.32 Å². The molecule has 1 N–H and O–H groups in total. The molecular weight excluding hydrogens is 172 g/mol. The van der Waals surface area contributed by atoms with Gasteiger partial charge in [0.15, 0.2) is 0 Å². The minimum absolute atomic E-state index is 0.453. The molecule has 2 nitrogen and oxygen atoms in total. The Labute approximate surface area is 84.6 Å². The summed E-state index contributed by atoms with van der Waals surface area (Å²) in [6, 6.07) is 9.95. The summed E-state index contributed by atoms with van der Waals surface area (Å²) in [6.45, 7) is 2.46. The summed E-state index contributed by atoms with van der Waals surface area (Å²) in [5.74, 6) is 5.73. The molecule has 0 aliphatic carbocycles. The van der Waals surface area contributed by atoms with E-state index < -0.39 is 0 Å². The van der Waals surface area contributed by atoms with Crippen molar-refractivity contribution in [2.45, 2.75) is 13.3 Å². The highest BCUT2D eigenvalue weighted by atomic mass is 14.8. The highest BCUT2D eigenvalue weighted by molar-refractivity contribution is 5.47. The number of benzene rings is 1. The first-order valence-corrected chi connectivity index (χ1v) is 4.46. The molecule has 0 atom stereocenters. The number of hydrogen-bond acceptors (Lipinski definition) is 2. The molecular formula is C12H12N2. The van der Waals surface area contributed by atoms with E-state index in [4.69, 9.17) is 5.26 Å². The van der Waals surface area contributed by atoms with Crippen molar-refractivity contribution in [2.24, 2.45) is 0 Å². The van der Waals surface area contributed by atoms with Crippen LogP contribution in [0.1, 0.15) is 12.5 Å². The lowest BCUT2D eigenvalue weighted by Crippen LogP contribution is -1.98. The van der Waals surface area contributed by atoms with Gasteiger partial charge in [-0.15, -0.1) is 5.92 Å². The number of nitrogens with zero attached hydrogens (tertiary/aromatic N) is 1. The Kier molecular flexibility index (Phi) is 4.11. The molecule has 0 aliphatic rings. The molecule has 2 heteroatoms. The maximum absolute atomic E-state index is 8.53. The topological polar surface area (TPSA) is 35.8 Å². The van der Waals surface area contributed by atoms with Crippen molar-refractivity contribution < 1.29 is 0 Å². The third-order valence-electron chi connectivity index (χ3n) is 1.77. The van der Waals surface area contributed by atoms with Crippen LogP contribution in [0.15, 0.2) is 24.3 Å². The lowest BCUT2D eigenvalue weighted by atomic mass is 10.1. The minimum atomic E-state index is 0.453. The van der Waals surface area contributed by atoms with Crippen molar-refractivity contribution in [3.8, 4) is 17.9 Å². The fourth-order valence-corrected chi connectivity index (χ4v) is 1.12. The van der Waals surface area contributed by atoms with Crippen LogP contribution in [0.4, 0.5) is 5.69 Å². The normalized spacial score (nSPS) is 8.29. The van der Waals surface area contributed by atoms with Gasteiger partial charge in [0.25, 0.3) is 0 Å². The maximum atomic E-state index is 8.53. The average Bonchev–Trinajstić information content (AvgIpc) is 2.19. The molecule has 0 aromatic heterocycles. The van der Waals surface area contributed by atoms with Crippen LogP contribution in [0.2, 0.25) is 0 Å². The molecule has 0 saturated carbocycles. The summed E-state index contributed by atoms with van der Waals surface area (Å²) in [4.78, 5) is 0. The van der Waals surface area contributed by atoms with E-state index in [2.05, 4.69) is 23.2 Å². The van der Waals surface area contributed by atoms with Crippen molar-refractivity contribution >= 4 is 5.69 Å². The lowest BCUT2D eigenvalue weighted by Gasteiger charge is -2.03. The van der Waals surface area contributed by atoms with Gasteiger partial charge in [0.1, 0.15) is 0 Å². The zero-order chi connectivity index (χ0) is 10.2. The van der Waals surface area contributed by atoms with Crippen molar-refractivity contribution in [2.75, 3.05) is 11.9 Å². The first-order chi connectivity index (χ1) is 6.86. The summed E-state index contributed by atoms with van der Waals surface area (Å²) < 4.78 is 0. The predicted octanol–water partition coefficient (Wildman–Crippen LogP) is 2.19. The fourth-order valence-electron chi connectivity index (χ4n) is 1.12. The average molecular weight is 184 g/mol. The van der Waals surface area contributed by atoms with Crippen LogP contribution < -0.4 is 5.32 Å². The number of nitrogens with one attached hydrogen (secondary N) is 1. The van der Waals surface area contributed by atoms with Crippen LogP contribution in [0.3, 0.4) is 0 Å². The fraction of sp³-hybridized carbons (Fsp3) is 0.250. The molecule has 0 bridgehead atoms. The Morgan fingerprint density at radius 2 is 2.29 bits per heavy atom. The summed E-state index contributed by atoms with van der Waals surface area (Å²) in [5, 5.41) is 11.7. The zero-order valence-electron chi connectivity index (χ0n) is 8.17. The molecule has 0 saturated heterocycles. The van der Waals surface area contributed by atoms with E-state index >= 15 is 0 Å². The second-order valence-corrected chi connectivity index (χ2v) is 2.82. The van der Waals surface area contributed by atoms with E-state index in [1.165, 1.54) is 0 Å². The third-order valence-corrected chi connectivity index (χ3v) is 1.77. The van der Waals surface area contributed by atoms with E-state index in [0.717, 1.165) is 11.3 Å². The summed E-state index contributed by atoms with van der Waals surface area (Å²) in [7, 11) is 0. The van der Waals surface area contributed by atoms with Gasteiger partial charge >= 0.3 is 0 Å². The van der Waals surface area contributed by atoms with Crippen molar-refractivity contribution in [1.82, 2.24) is 0 Å². The monoisotopic (exact) mass is 184 g/mol. The van der Waals surface area contributed by atoms with Crippen molar-refractivity contribution in [3.05, 3.63) is 29.8 Å². The van der Waals surface area contributed by atoms with Gasteiger partial charge in [0, 0.05) is 5.69 Å². The van der Waals surface area contributed by atoms with Gasteiger partial charge in [0.05, 0.1) is 19.0 Å².